The van der Waals surface area contributed by atoms with E-state index in [1.165, 1.54) is 0 Å². The van der Waals surface area contributed by atoms with Crippen molar-refractivity contribution in [1.82, 2.24) is 0 Å². The Kier molecular flexibility index (Phi) is 3.87. The van der Waals surface area contributed by atoms with Crippen molar-refractivity contribution in [2.24, 2.45) is 0 Å². The fraction of sp³-hybridized carbons (Fsp3) is 0.364. The summed E-state index contributed by atoms with van der Waals surface area (Å²) in [5.41, 5.74) is 0.549. The fourth-order valence-electron chi connectivity index (χ4n) is 1.39. The van der Waals surface area contributed by atoms with E-state index in [0.717, 1.165) is 0 Å². The lowest BCUT2D eigenvalue weighted by atomic mass is 10.2. The molecule has 1 rings (SSSR count). The average molecular weight is 223 g/mol. The molecule has 0 saturated carbocycles. The molecule has 1 unspecified atom stereocenters. The predicted molar refractivity (Wildman–Crippen MR) is 58.9 cm³/mol. The molecule has 0 aliphatic carbocycles. The Labute approximate surface area is 90.3 Å². The normalized spacial score (nSPS) is 13.1. The first-order valence-electron chi connectivity index (χ1n) is 4.78. The fourth-order valence-corrected chi connectivity index (χ4v) is 2.93. The third kappa shape index (κ3) is 2.80. The summed E-state index contributed by atoms with van der Waals surface area (Å²) >= 11 is 0. The van der Waals surface area contributed by atoms with Crippen LogP contribution in [0.3, 0.4) is 0 Å². The number of rotatable bonds is 4. The second-order valence-electron chi connectivity index (χ2n) is 3.29. The van der Waals surface area contributed by atoms with Gasteiger partial charge in [0.15, 0.2) is 15.1 Å². The first kappa shape index (κ1) is 11.7. The Bertz CT molecular complexity index is 445. The van der Waals surface area contributed by atoms with Gasteiger partial charge in [-0.3, -0.25) is 0 Å². The number of hydrogen-bond acceptors (Lipinski definition) is 3. The average Bonchev–Trinajstić information content (AvgIpc) is 2.19. The maximum Gasteiger partial charge on any atom is 0.173 e. The van der Waals surface area contributed by atoms with Crippen LogP contribution in [0, 0.1) is 11.3 Å². The molecule has 80 valence electrons. The van der Waals surface area contributed by atoms with Gasteiger partial charge in [0.25, 0.3) is 0 Å². The largest absolute Gasteiger partial charge is 0.227 e. The molecule has 0 bridgehead atoms. The van der Waals surface area contributed by atoms with Crippen LogP contribution in [-0.2, 0) is 9.84 Å². The monoisotopic (exact) mass is 223 g/mol. The standard InChI is InChI=1S/C11H13NO2S/c1-2-8-15(13,14)11(9-12)10-6-4-3-5-7-10/h3-7,11H,2,8H2,1H3. The lowest BCUT2D eigenvalue weighted by Crippen LogP contribution is -2.15. The molecule has 0 aliphatic rings. The van der Waals surface area contributed by atoms with E-state index < -0.39 is 15.1 Å². The van der Waals surface area contributed by atoms with Gasteiger partial charge in [0.2, 0.25) is 0 Å². The van der Waals surface area contributed by atoms with Crippen LogP contribution in [0.4, 0.5) is 0 Å². The van der Waals surface area contributed by atoms with Gasteiger partial charge in [-0.2, -0.15) is 5.26 Å². The van der Waals surface area contributed by atoms with E-state index in [0.29, 0.717) is 12.0 Å². The van der Waals surface area contributed by atoms with E-state index in [1.807, 2.05) is 6.07 Å². The highest BCUT2D eigenvalue weighted by Gasteiger charge is 2.25. The Morgan fingerprint density at radius 1 is 1.33 bits per heavy atom. The van der Waals surface area contributed by atoms with Gasteiger partial charge in [-0.15, -0.1) is 0 Å². The molecule has 0 saturated heterocycles. The molecule has 0 amide bonds. The third-order valence-electron chi connectivity index (χ3n) is 2.07. The van der Waals surface area contributed by atoms with Gasteiger partial charge in [-0.1, -0.05) is 37.3 Å². The van der Waals surface area contributed by atoms with Crippen molar-refractivity contribution in [1.29, 1.82) is 5.26 Å². The van der Waals surface area contributed by atoms with Crippen LogP contribution < -0.4 is 0 Å². The van der Waals surface area contributed by atoms with Crippen LogP contribution in [0.2, 0.25) is 0 Å². The van der Waals surface area contributed by atoms with E-state index in [9.17, 15) is 8.42 Å². The number of benzene rings is 1. The van der Waals surface area contributed by atoms with Gasteiger partial charge in [0.05, 0.1) is 11.8 Å². The van der Waals surface area contributed by atoms with Crippen LogP contribution in [0.5, 0.6) is 0 Å². The molecule has 0 heterocycles. The molecule has 3 nitrogen and oxygen atoms in total. The Morgan fingerprint density at radius 2 is 1.93 bits per heavy atom. The first-order chi connectivity index (χ1) is 7.11. The maximum atomic E-state index is 11.7. The van der Waals surface area contributed by atoms with Crippen LogP contribution in [0.1, 0.15) is 24.2 Å². The summed E-state index contributed by atoms with van der Waals surface area (Å²) in [5.74, 6) is 0.0557. The molecule has 0 radical (unpaired) electrons. The molecule has 0 fully saturated rings. The quantitative estimate of drug-likeness (QED) is 0.785. The van der Waals surface area contributed by atoms with E-state index >= 15 is 0 Å². The SMILES string of the molecule is CCCS(=O)(=O)C(C#N)c1ccccc1. The summed E-state index contributed by atoms with van der Waals surface area (Å²) in [6, 6.07) is 10.5. The number of nitrogens with zero attached hydrogens (tertiary/aromatic N) is 1. The molecule has 1 atom stereocenters. The molecule has 1 aromatic carbocycles. The topological polar surface area (TPSA) is 57.9 Å². The van der Waals surface area contributed by atoms with Crippen molar-refractivity contribution in [2.45, 2.75) is 18.6 Å². The Morgan fingerprint density at radius 3 is 2.40 bits per heavy atom. The number of sulfone groups is 1. The summed E-state index contributed by atoms with van der Waals surface area (Å²) in [5, 5.41) is 7.88. The molecule has 4 heteroatoms. The smallest absolute Gasteiger partial charge is 0.173 e. The lowest BCUT2D eigenvalue weighted by Gasteiger charge is -2.09. The zero-order valence-electron chi connectivity index (χ0n) is 8.55. The highest BCUT2D eigenvalue weighted by molar-refractivity contribution is 7.91. The van der Waals surface area contributed by atoms with Crippen LogP contribution >= 0.6 is 0 Å². The molecular formula is C11H13NO2S. The molecule has 15 heavy (non-hydrogen) atoms. The molecule has 0 aliphatic heterocycles. The van der Waals surface area contributed by atoms with Gasteiger partial charge in [-0.25, -0.2) is 8.42 Å². The second kappa shape index (κ2) is 4.94. The van der Waals surface area contributed by atoms with Crippen molar-refractivity contribution in [2.75, 3.05) is 5.75 Å². The lowest BCUT2D eigenvalue weighted by molar-refractivity contribution is 0.589. The minimum Gasteiger partial charge on any atom is -0.227 e. The van der Waals surface area contributed by atoms with E-state index in [4.69, 9.17) is 5.26 Å². The Hall–Kier alpha value is -1.34. The molecular weight excluding hydrogens is 210 g/mol. The first-order valence-corrected chi connectivity index (χ1v) is 6.49. The van der Waals surface area contributed by atoms with E-state index in [1.54, 1.807) is 37.3 Å². The molecule has 0 spiro atoms. The highest BCUT2D eigenvalue weighted by atomic mass is 32.2. The highest BCUT2D eigenvalue weighted by Crippen LogP contribution is 2.22. The maximum absolute atomic E-state index is 11.7. The van der Waals surface area contributed by atoms with Gasteiger partial charge in [0, 0.05) is 0 Å². The van der Waals surface area contributed by atoms with E-state index in [-0.39, 0.29) is 5.75 Å². The van der Waals surface area contributed by atoms with Crippen molar-refractivity contribution in [3.05, 3.63) is 35.9 Å². The number of nitriles is 1. The second-order valence-corrected chi connectivity index (χ2v) is 5.49. The summed E-state index contributed by atoms with van der Waals surface area (Å²) < 4.78 is 23.5. The zero-order chi connectivity index (χ0) is 11.3. The van der Waals surface area contributed by atoms with Crippen LogP contribution in [0.15, 0.2) is 30.3 Å². The minimum atomic E-state index is -3.34. The van der Waals surface area contributed by atoms with Gasteiger partial charge in [-0.05, 0) is 12.0 Å². The predicted octanol–water partition coefficient (Wildman–Crippen LogP) is 2.08. The van der Waals surface area contributed by atoms with Crippen molar-refractivity contribution in [3.8, 4) is 6.07 Å². The van der Waals surface area contributed by atoms with Crippen molar-refractivity contribution in [3.63, 3.8) is 0 Å². The van der Waals surface area contributed by atoms with Gasteiger partial charge in [0.1, 0.15) is 0 Å². The molecule has 0 N–H and O–H groups in total. The minimum absolute atomic E-state index is 0.0557. The van der Waals surface area contributed by atoms with Crippen LogP contribution in [0.25, 0.3) is 0 Å². The third-order valence-corrected chi connectivity index (χ3v) is 4.14. The van der Waals surface area contributed by atoms with Gasteiger partial charge >= 0.3 is 0 Å². The van der Waals surface area contributed by atoms with Crippen LogP contribution in [-0.4, -0.2) is 14.2 Å². The van der Waals surface area contributed by atoms with E-state index in [2.05, 4.69) is 0 Å². The summed E-state index contributed by atoms with van der Waals surface area (Å²) in [4.78, 5) is 0. The van der Waals surface area contributed by atoms with Crippen molar-refractivity contribution >= 4 is 9.84 Å². The number of hydrogen-bond donors (Lipinski definition) is 0. The Balaban J connectivity index is 3.07. The van der Waals surface area contributed by atoms with Crippen molar-refractivity contribution < 1.29 is 8.42 Å². The summed E-state index contributed by atoms with van der Waals surface area (Å²) in [6.07, 6.45) is 0.535. The summed E-state index contributed by atoms with van der Waals surface area (Å²) in [6.45, 7) is 1.79. The summed E-state index contributed by atoms with van der Waals surface area (Å²) in [7, 11) is -3.34. The molecule has 0 aromatic heterocycles. The zero-order valence-corrected chi connectivity index (χ0v) is 9.37. The molecule has 1 aromatic rings. The van der Waals surface area contributed by atoms with Gasteiger partial charge < -0.3 is 0 Å².